The van der Waals surface area contributed by atoms with E-state index in [4.69, 9.17) is 5.11 Å². The van der Waals surface area contributed by atoms with E-state index in [1.165, 1.54) is 17.3 Å². The Labute approximate surface area is 139 Å². The van der Waals surface area contributed by atoms with Crippen molar-refractivity contribution in [3.63, 3.8) is 0 Å². The highest BCUT2D eigenvalue weighted by atomic mass is 32.2. The summed E-state index contributed by atoms with van der Waals surface area (Å²) in [4.78, 5) is 33.2. The van der Waals surface area contributed by atoms with Crippen molar-refractivity contribution in [2.75, 3.05) is 31.9 Å². The first-order valence-electron chi connectivity index (χ1n) is 7.15. The summed E-state index contributed by atoms with van der Waals surface area (Å²) in [5.41, 5.74) is 1.17. The zero-order valence-electron chi connectivity index (χ0n) is 12.7. The van der Waals surface area contributed by atoms with E-state index in [0.29, 0.717) is 18.8 Å². The second kappa shape index (κ2) is 11.5. The molecule has 0 aliphatic heterocycles. The van der Waals surface area contributed by atoms with Crippen LogP contribution in [0, 0.1) is 0 Å². The number of amides is 2. The first-order valence-corrected chi connectivity index (χ1v) is 8.31. The van der Waals surface area contributed by atoms with Gasteiger partial charge in [-0.2, -0.15) is 0 Å². The lowest BCUT2D eigenvalue weighted by atomic mass is 10.2. The van der Waals surface area contributed by atoms with Gasteiger partial charge >= 0.3 is 5.97 Å². The van der Waals surface area contributed by atoms with Gasteiger partial charge in [0.15, 0.2) is 0 Å². The van der Waals surface area contributed by atoms with Gasteiger partial charge in [0.25, 0.3) is 0 Å². The molecule has 1 aromatic carbocycles. The molecule has 7 nitrogen and oxygen atoms in total. The summed E-state index contributed by atoms with van der Waals surface area (Å²) in [5.74, 6) is -0.260. The fourth-order valence-electron chi connectivity index (χ4n) is 1.64. The Kier molecular flexibility index (Phi) is 9.49. The summed E-state index contributed by atoms with van der Waals surface area (Å²) in [6.07, 6.45) is 0. The predicted molar refractivity (Wildman–Crippen MR) is 89.1 cm³/mol. The van der Waals surface area contributed by atoms with E-state index in [9.17, 15) is 14.4 Å². The lowest BCUT2D eigenvalue weighted by Gasteiger charge is -2.07. The molecule has 0 saturated heterocycles. The highest BCUT2D eigenvalue weighted by Crippen LogP contribution is 2.10. The number of aliphatic carboxylic acids is 1. The van der Waals surface area contributed by atoms with Gasteiger partial charge < -0.3 is 15.7 Å². The van der Waals surface area contributed by atoms with E-state index < -0.39 is 5.97 Å². The molecule has 0 spiro atoms. The molecule has 0 fully saturated rings. The maximum absolute atomic E-state index is 11.6. The van der Waals surface area contributed by atoms with Crippen LogP contribution in [0.3, 0.4) is 0 Å². The molecular formula is C15H21N3O4S. The largest absolute Gasteiger partial charge is 0.480 e. The molecule has 4 N–H and O–H groups in total. The van der Waals surface area contributed by atoms with E-state index in [-0.39, 0.29) is 24.9 Å². The normalized spacial score (nSPS) is 10.1. The molecule has 0 bridgehead atoms. The molecule has 1 rings (SSSR count). The number of benzene rings is 1. The first-order chi connectivity index (χ1) is 11.1. The smallest absolute Gasteiger partial charge is 0.317 e. The number of carbonyl (C=O) groups is 3. The number of thioether (sulfide) groups is 1. The van der Waals surface area contributed by atoms with E-state index in [2.05, 4.69) is 16.0 Å². The van der Waals surface area contributed by atoms with Crippen molar-refractivity contribution in [2.45, 2.75) is 5.75 Å². The second-order valence-corrected chi connectivity index (χ2v) is 5.66. The van der Waals surface area contributed by atoms with Crippen molar-refractivity contribution in [1.29, 1.82) is 0 Å². The highest BCUT2D eigenvalue weighted by molar-refractivity contribution is 7.99. The Balaban J connectivity index is 1.99. The predicted octanol–water partition coefficient (Wildman–Crippen LogP) is -0.174. The molecule has 0 unspecified atom stereocenters. The van der Waals surface area contributed by atoms with E-state index in [0.717, 1.165) is 5.75 Å². The van der Waals surface area contributed by atoms with Crippen LogP contribution in [0.2, 0.25) is 0 Å². The second-order valence-electron chi connectivity index (χ2n) is 4.68. The van der Waals surface area contributed by atoms with E-state index >= 15 is 0 Å². The maximum atomic E-state index is 11.6. The highest BCUT2D eigenvalue weighted by Gasteiger charge is 2.04. The molecule has 126 valence electrons. The third kappa shape index (κ3) is 10.3. The third-order valence-electron chi connectivity index (χ3n) is 2.68. The van der Waals surface area contributed by atoms with Gasteiger partial charge in [0.05, 0.1) is 18.8 Å². The number of carboxylic acids is 1. The van der Waals surface area contributed by atoms with Crippen molar-refractivity contribution in [2.24, 2.45) is 0 Å². The van der Waals surface area contributed by atoms with Crippen LogP contribution in [0.1, 0.15) is 5.56 Å². The van der Waals surface area contributed by atoms with Crippen LogP contribution in [-0.2, 0) is 20.1 Å². The molecule has 0 aliphatic rings. The summed E-state index contributed by atoms with van der Waals surface area (Å²) < 4.78 is 0. The fourth-order valence-corrected chi connectivity index (χ4v) is 2.45. The van der Waals surface area contributed by atoms with Crippen molar-refractivity contribution in [3.05, 3.63) is 35.9 Å². The van der Waals surface area contributed by atoms with Gasteiger partial charge in [-0.05, 0) is 5.56 Å². The fraction of sp³-hybridized carbons (Fsp3) is 0.400. The molecule has 0 saturated carbocycles. The van der Waals surface area contributed by atoms with Crippen LogP contribution in [0.5, 0.6) is 0 Å². The SMILES string of the molecule is O=C(O)CNCC(=O)NCCNC(=O)CSCc1ccccc1. The monoisotopic (exact) mass is 339 g/mol. The molecule has 0 aliphatic carbocycles. The lowest BCUT2D eigenvalue weighted by molar-refractivity contribution is -0.136. The average molecular weight is 339 g/mol. The summed E-state index contributed by atoms with van der Waals surface area (Å²) in [6, 6.07) is 9.90. The molecular weight excluding hydrogens is 318 g/mol. The van der Waals surface area contributed by atoms with Crippen LogP contribution < -0.4 is 16.0 Å². The number of hydrogen-bond acceptors (Lipinski definition) is 5. The Morgan fingerprint density at radius 2 is 1.61 bits per heavy atom. The molecule has 0 atom stereocenters. The van der Waals surface area contributed by atoms with Crippen molar-refractivity contribution in [3.8, 4) is 0 Å². The molecule has 1 aromatic rings. The van der Waals surface area contributed by atoms with Crippen LogP contribution in [0.25, 0.3) is 0 Å². The summed E-state index contributed by atoms with van der Waals surface area (Å²) in [5, 5.41) is 16.2. The van der Waals surface area contributed by atoms with Gasteiger partial charge in [-0.3, -0.25) is 19.7 Å². The molecule has 2 amide bonds. The van der Waals surface area contributed by atoms with Crippen LogP contribution in [-0.4, -0.2) is 54.8 Å². The standard InChI is InChI=1S/C15H21N3O4S/c19-13(8-16-9-15(21)22)17-6-7-18-14(20)11-23-10-12-4-2-1-3-5-12/h1-5,16H,6-11H2,(H,17,19)(H,18,20)(H,21,22). The molecule has 0 radical (unpaired) electrons. The summed E-state index contributed by atoms with van der Waals surface area (Å²) in [7, 11) is 0. The number of hydrogen-bond donors (Lipinski definition) is 4. The number of nitrogens with one attached hydrogen (secondary N) is 3. The van der Waals surface area contributed by atoms with Crippen LogP contribution in [0.15, 0.2) is 30.3 Å². The van der Waals surface area contributed by atoms with Gasteiger partial charge in [-0.25, -0.2) is 0 Å². The van der Waals surface area contributed by atoms with E-state index in [1.807, 2.05) is 30.3 Å². The van der Waals surface area contributed by atoms with Crippen LogP contribution in [0.4, 0.5) is 0 Å². The minimum Gasteiger partial charge on any atom is -0.480 e. The Morgan fingerprint density at radius 1 is 0.957 bits per heavy atom. The number of carbonyl (C=O) groups excluding carboxylic acids is 2. The van der Waals surface area contributed by atoms with Gasteiger partial charge in [-0.15, -0.1) is 11.8 Å². The Hall–Kier alpha value is -2.06. The van der Waals surface area contributed by atoms with Crippen LogP contribution >= 0.6 is 11.8 Å². The van der Waals surface area contributed by atoms with E-state index in [1.54, 1.807) is 0 Å². The topological polar surface area (TPSA) is 108 Å². The minimum absolute atomic E-state index is 0.0623. The summed E-state index contributed by atoms with van der Waals surface area (Å²) >= 11 is 1.53. The Bertz CT molecular complexity index is 511. The van der Waals surface area contributed by atoms with Crippen molar-refractivity contribution in [1.82, 2.24) is 16.0 Å². The third-order valence-corrected chi connectivity index (χ3v) is 3.68. The molecule has 0 aromatic heterocycles. The Morgan fingerprint density at radius 3 is 2.26 bits per heavy atom. The average Bonchev–Trinajstić information content (AvgIpc) is 2.52. The van der Waals surface area contributed by atoms with Gasteiger partial charge in [0, 0.05) is 18.8 Å². The van der Waals surface area contributed by atoms with Crippen molar-refractivity contribution < 1.29 is 19.5 Å². The quantitative estimate of drug-likeness (QED) is 0.417. The number of carboxylic acid groups (broad SMARTS) is 1. The molecule has 0 heterocycles. The zero-order valence-corrected chi connectivity index (χ0v) is 13.5. The molecule has 8 heteroatoms. The minimum atomic E-state index is -1.02. The van der Waals surface area contributed by atoms with Crippen molar-refractivity contribution >= 4 is 29.5 Å². The van der Waals surface area contributed by atoms with Gasteiger partial charge in [0.2, 0.25) is 11.8 Å². The number of rotatable bonds is 11. The summed E-state index contributed by atoms with van der Waals surface area (Å²) in [6.45, 7) is 0.327. The van der Waals surface area contributed by atoms with Gasteiger partial charge in [-0.1, -0.05) is 30.3 Å². The van der Waals surface area contributed by atoms with Gasteiger partial charge in [0.1, 0.15) is 0 Å². The molecule has 23 heavy (non-hydrogen) atoms. The zero-order chi connectivity index (χ0) is 16.9. The first kappa shape index (κ1) is 19.0. The maximum Gasteiger partial charge on any atom is 0.317 e. The lowest BCUT2D eigenvalue weighted by Crippen LogP contribution is -2.40.